The Morgan fingerprint density at radius 3 is 2.88 bits per heavy atom. The number of nitrogens with one attached hydrogen (secondary N) is 1. The van der Waals surface area contributed by atoms with Gasteiger partial charge in [0, 0.05) is 6.54 Å². The summed E-state index contributed by atoms with van der Waals surface area (Å²) in [5, 5.41) is 11.1. The van der Waals surface area contributed by atoms with Crippen molar-refractivity contribution in [2.75, 3.05) is 6.54 Å². The highest BCUT2D eigenvalue weighted by Crippen LogP contribution is 1.83. The van der Waals surface area contributed by atoms with Crippen LogP contribution in [0.25, 0.3) is 0 Å². The third-order valence-corrected chi connectivity index (χ3v) is 0.908. The Morgan fingerprint density at radius 1 is 1.88 bits per heavy atom. The van der Waals surface area contributed by atoms with E-state index in [4.69, 9.17) is 5.11 Å². The number of carbonyl (C=O) groups excluding carboxylic acids is 1. The minimum Gasteiger partial charge on any atom is -0.391 e. The van der Waals surface area contributed by atoms with Gasteiger partial charge in [0.2, 0.25) is 6.41 Å². The third-order valence-electron chi connectivity index (χ3n) is 0.908. The van der Waals surface area contributed by atoms with E-state index in [0.717, 1.165) is 0 Å². The molecule has 0 aliphatic heterocycles. The zero-order chi connectivity index (χ0) is 6.41. The van der Waals surface area contributed by atoms with Crippen LogP contribution in [0.15, 0.2) is 0 Å². The average molecular weight is 117 g/mol. The van der Waals surface area contributed by atoms with Gasteiger partial charge in [-0.1, -0.05) is 6.92 Å². The Bertz CT molecular complexity index is 65.4. The maximum Gasteiger partial charge on any atom is 0.207 e. The molecule has 8 heavy (non-hydrogen) atoms. The minimum absolute atomic E-state index is 0.361. The van der Waals surface area contributed by atoms with Gasteiger partial charge in [0.1, 0.15) is 0 Å². The second-order valence-electron chi connectivity index (χ2n) is 1.59. The van der Waals surface area contributed by atoms with E-state index in [-0.39, 0.29) is 6.10 Å². The number of aliphatic hydroxyl groups is 1. The molecule has 0 heterocycles. The summed E-state index contributed by atoms with van der Waals surface area (Å²) < 4.78 is 0. The van der Waals surface area contributed by atoms with Crippen LogP contribution in [0.4, 0.5) is 0 Å². The van der Waals surface area contributed by atoms with Gasteiger partial charge in [-0.05, 0) is 6.42 Å². The molecule has 0 spiro atoms. The van der Waals surface area contributed by atoms with Gasteiger partial charge in [-0.2, -0.15) is 0 Å². The number of hydrogen-bond acceptors (Lipinski definition) is 2. The van der Waals surface area contributed by atoms with E-state index in [0.29, 0.717) is 19.4 Å². The van der Waals surface area contributed by atoms with Gasteiger partial charge in [-0.3, -0.25) is 4.79 Å². The summed E-state index contributed by atoms with van der Waals surface area (Å²) in [5.41, 5.74) is 0. The molecule has 0 fully saturated rings. The summed E-state index contributed by atoms with van der Waals surface area (Å²) in [4.78, 5) is 9.60. The van der Waals surface area contributed by atoms with Crippen LogP contribution in [-0.2, 0) is 4.79 Å². The van der Waals surface area contributed by atoms with Crippen molar-refractivity contribution in [1.82, 2.24) is 5.32 Å². The zero-order valence-electron chi connectivity index (χ0n) is 4.92. The van der Waals surface area contributed by atoms with Crippen molar-refractivity contribution in [1.29, 1.82) is 0 Å². The van der Waals surface area contributed by atoms with E-state index in [1.807, 2.05) is 6.92 Å². The largest absolute Gasteiger partial charge is 0.391 e. The summed E-state index contributed by atoms with van der Waals surface area (Å²) in [6, 6.07) is 0. The molecular formula is C5H11NO2. The van der Waals surface area contributed by atoms with Crippen molar-refractivity contribution < 1.29 is 9.90 Å². The lowest BCUT2D eigenvalue weighted by molar-refractivity contribution is -0.109. The third kappa shape index (κ3) is 3.61. The molecule has 3 nitrogen and oxygen atoms in total. The summed E-state index contributed by atoms with van der Waals surface area (Å²) >= 11 is 0. The molecule has 0 radical (unpaired) electrons. The van der Waals surface area contributed by atoms with Crippen molar-refractivity contribution in [2.24, 2.45) is 0 Å². The fourth-order valence-electron chi connectivity index (χ4n) is 0.328. The van der Waals surface area contributed by atoms with Crippen LogP contribution in [0.3, 0.4) is 0 Å². The van der Waals surface area contributed by atoms with Crippen LogP contribution in [0, 0.1) is 0 Å². The fraction of sp³-hybridized carbons (Fsp3) is 0.800. The normalized spacial score (nSPS) is 12.8. The molecule has 0 aliphatic carbocycles. The van der Waals surface area contributed by atoms with Crippen molar-refractivity contribution in [3.8, 4) is 0 Å². The molecule has 0 saturated heterocycles. The first-order chi connectivity index (χ1) is 3.81. The van der Waals surface area contributed by atoms with Gasteiger partial charge in [-0.15, -0.1) is 0 Å². The molecule has 0 aromatic heterocycles. The first kappa shape index (κ1) is 7.43. The van der Waals surface area contributed by atoms with Gasteiger partial charge in [0.05, 0.1) is 6.10 Å². The molecule has 0 saturated carbocycles. The van der Waals surface area contributed by atoms with E-state index in [1.54, 1.807) is 0 Å². The highest BCUT2D eigenvalue weighted by Gasteiger charge is 1.95. The predicted octanol–water partition coefficient (Wildman–Crippen LogP) is -0.497. The monoisotopic (exact) mass is 117 g/mol. The molecular weight excluding hydrogens is 106 g/mol. The van der Waals surface area contributed by atoms with Crippen LogP contribution in [0.5, 0.6) is 0 Å². The second kappa shape index (κ2) is 4.59. The number of amides is 1. The standard InChI is InChI=1S/C5H11NO2/c1-2-5(8)3-6-4-7/h4-5,8H,2-3H2,1H3,(H,6,7)/t5-/m1/s1. The average Bonchev–Trinajstić information content (AvgIpc) is 1.83. The molecule has 1 atom stereocenters. The summed E-state index contributed by atoms with van der Waals surface area (Å²) in [6.45, 7) is 2.22. The Balaban J connectivity index is 2.97. The van der Waals surface area contributed by atoms with Gasteiger partial charge in [-0.25, -0.2) is 0 Å². The molecule has 48 valence electrons. The van der Waals surface area contributed by atoms with E-state index in [1.165, 1.54) is 0 Å². The highest BCUT2D eigenvalue weighted by molar-refractivity contribution is 5.45. The lowest BCUT2D eigenvalue weighted by atomic mass is 10.3. The van der Waals surface area contributed by atoms with Crippen LogP contribution in [0.1, 0.15) is 13.3 Å². The molecule has 0 unspecified atom stereocenters. The maximum absolute atomic E-state index is 9.60. The summed E-state index contributed by atoms with van der Waals surface area (Å²) in [5.74, 6) is 0. The van der Waals surface area contributed by atoms with E-state index in [9.17, 15) is 4.79 Å². The first-order valence-electron chi connectivity index (χ1n) is 2.66. The first-order valence-corrected chi connectivity index (χ1v) is 2.66. The van der Waals surface area contributed by atoms with Crippen molar-refractivity contribution in [3.05, 3.63) is 0 Å². The quantitative estimate of drug-likeness (QED) is 0.488. The van der Waals surface area contributed by atoms with Crippen LogP contribution in [-0.4, -0.2) is 24.2 Å². The SMILES string of the molecule is CC[C@@H](O)CNC=O. The molecule has 0 aromatic rings. The number of carbonyl (C=O) groups is 1. The predicted molar refractivity (Wildman–Crippen MR) is 30.4 cm³/mol. The topological polar surface area (TPSA) is 49.3 Å². The van der Waals surface area contributed by atoms with Gasteiger partial charge in [0.25, 0.3) is 0 Å². The number of hydrogen-bond donors (Lipinski definition) is 2. The van der Waals surface area contributed by atoms with Gasteiger partial charge >= 0.3 is 0 Å². The zero-order valence-corrected chi connectivity index (χ0v) is 4.92. The van der Waals surface area contributed by atoms with Crippen LogP contribution >= 0.6 is 0 Å². The summed E-state index contributed by atoms with van der Waals surface area (Å²) in [6.07, 6.45) is 0.875. The Kier molecular flexibility index (Phi) is 4.26. The lowest BCUT2D eigenvalue weighted by Gasteiger charge is -2.03. The highest BCUT2D eigenvalue weighted by atomic mass is 16.3. The number of rotatable bonds is 4. The molecule has 1 amide bonds. The smallest absolute Gasteiger partial charge is 0.207 e. The molecule has 0 rings (SSSR count). The van der Waals surface area contributed by atoms with E-state index in [2.05, 4.69) is 5.32 Å². The molecule has 0 aliphatic rings. The van der Waals surface area contributed by atoms with E-state index < -0.39 is 0 Å². The van der Waals surface area contributed by atoms with Crippen molar-refractivity contribution in [2.45, 2.75) is 19.4 Å². The molecule has 0 aromatic carbocycles. The van der Waals surface area contributed by atoms with Gasteiger partial charge < -0.3 is 10.4 Å². The summed E-state index contributed by atoms with van der Waals surface area (Å²) in [7, 11) is 0. The van der Waals surface area contributed by atoms with Crippen LogP contribution < -0.4 is 5.32 Å². The molecule has 2 N–H and O–H groups in total. The minimum atomic E-state index is -0.389. The number of aliphatic hydroxyl groups excluding tert-OH is 1. The molecule has 3 heteroatoms. The van der Waals surface area contributed by atoms with E-state index >= 15 is 0 Å². The molecule has 0 bridgehead atoms. The van der Waals surface area contributed by atoms with Crippen molar-refractivity contribution in [3.63, 3.8) is 0 Å². The van der Waals surface area contributed by atoms with Crippen molar-refractivity contribution >= 4 is 6.41 Å². The van der Waals surface area contributed by atoms with Crippen LogP contribution in [0.2, 0.25) is 0 Å². The Morgan fingerprint density at radius 2 is 2.50 bits per heavy atom. The Hall–Kier alpha value is -0.570. The Labute approximate surface area is 48.7 Å². The fourth-order valence-corrected chi connectivity index (χ4v) is 0.328. The lowest BCUT2D eigenvalue weighted by Crippen LogP contribution is -2.24. The second-order valence-corrected chi connectivity index (χ2v) is 1.59. The van der Waals surface area contributed by atoms with Gasteiger partial charge in [0.15, 0.2) is 0 Å². The maximum atomic E-state index is 9.60.